The van der Waals surface area contributed by atoms with Gasteiger partial charge >= 0.3 is 0 Å². The first-order valence-electron chi connectivity index (χ1n) is 7.14. The highest BCUT2D eigenvalue weighted by molar-refractivity contribution is 7.90. The van der Waals surface area contributed by atoms with Crippen LogP contribution < -0.4 is 4.72 Å². The smallest absolute Gasteiger partial charge is 0.264 e. The van der Waals surface area contributed by atoms with Gasteiger partial charge in [0.2, 0.25) is 10.0 Å². The fourth-order valence-corrected chi connectivity index (χ4v) is 4.55. The van der Waals surface area contributed by atoms with Crippen molar-refractivity contribution < 1.29 is 26.1 Å². The molecular weight excluding hydrogens is 332 g/mol. The zero-order chi connectivity index (χ0) is 16.9. The van der Waals surface area contributed by atoms with Crippen molar-refractivity contribution in [3.05, 3.63) is 0 Å². The van der Waals surface area contributed by atoms with E-state index in [-0.39, 0.29) is 6.54 Å². The summed E-state index contributed by atoms with van der Waals surface area (Å²) < 4.78 is 54.2. The van der Waals surface area contributed by atoms with Gasteiger partial charge in [-0.15, -0.1) is 0 Å². The van der Waals surface area contributed by atoms with Gasteiger partial charge in [0.15, 0.2) is 0 Å². The van der Waals surface area contributed by atoms with Gasteiger partial charge in [-0.3, -0.25) is 9.08 Å². The van der Waals surface area contributed by atoms with E-state index in [2.05, 4.69) is 4.72 Å². The van der Waals surface area contributed by atoms with Crippen LogP contribution in [0.3, 0.4) is 0 Å². The molecule has 0 bridgehead atoms. The molecule has 2 aliphatic rings. The summed E-state index contributed by atoms with van der Waals surface area (Å²) in [6.07, 6.45) is -0.0838. The van der Waals surface area contributed by atoms with E-state index < -0.39 is 49.2 Å². The Morgan fingerprint density at radius 2 is 1.82 bits per heavy atom. The summed E-state index contributed by atoms with van der Waals surface area (Å²) in [4.78, 5) is 1.87. The molecule has 8 nitrogen and oxygen atoms in total. The lowest BCUT2D eigenvalue weighted by molar-refractivity contribution is 0.117. The number of sulfonamides is 1. The van der Waals surface area contributed by atoms with Crippen molar-refractivity contribution in [2.75, 3.05) is 19.3 Å². The van der Waals surface area contributed by atoms with Crippen molar-refractivity contribution in [1.82, 2.24) is 9.62 Å². The monoisotopic (exact) mass is 356 g/mol. The maximum Gasteiger partial charge on any atom is 0.264 e. The normalized spacial score (nSPS) is 34.0. The largest absolute Gasteiger partial charge is 0.391 e. The Kier molecular flexibility index (Phi) is 4.66. The molecule has 22 heavy (non-hydrogen) atoms. The topological polar surface area (TPSA) is 113 Å². The summed E-state index contributed by atoms with van der Waals surface area (Å²) in [5.41, 5.74) is 0. The van der Waals surface area contributed by atoms with E-state index in [0.717, 1.165) is 6.26 Å². The Morgan fingerprint density at radius 3 is 2.32 bits per heavy atom. The second-order valence-corrected chi connectivity index (χ2v) is 11.0. The van der Waals surface area contributed by atoms with Crippen LogP contribution in [0.15, 0.2) is 0 Å². The first-order valence-corrected chi connectivity index (χ1v) is 10.4. The minimum absolute atomic E-state index is 0.270. The van der Waals surface area contributed by atoms with Crippen LogP contribution in [0.4, 0.5) is 0 Å². The molecule has 130 valence electrons. The zero-order valence-electron chi connectivity index (χ0n) is 13.2. The van der Waals surface area contributed by atoms with Crippen LogP contribution in [0.25, 0.3) is 0 Å². The third-order valence-electron chi connectivity index (χ3n) is 4.11. The molecular formula is C12H24N2O6S2. The van der Waals surface area contributed by atoms with E-state index in [9.17, 15) is 21.9 Å². The van der Waals surface area contributed by atoms with E-state index in [1.165, 1.54) is 0 Å². The van der Waals surface area contributed by atoms with Crippen LogP contribution in [0, 0.1) is 0 Å². The van der Waals surface area contributed by atoms with E-state index in [1.807, 2.05) is 4.90 Å². The number of nitrogens with one attached hydrogen (secondary N) is 1. The average molecular weight is 356 g/mol. The van der Waals surface area contributed by atoms with E-state index in [0.29, 0.717) is 13.0 Å². The van der Waals surface area contributed by atoms with E-state index in [4.69, 9.17) is 4.18 Å². The maximum absolute atomic E-state index is 12.4. The molecule has 2 aliphatic heterocycles. The zero-order valence-corrected chi connectivity index (χ0v) is 14.8. The van der Waals surface area contributed by atoms with Gasteiger partial charge in [0.05, 0.1) is 29.2 Å². The minimum atomic E-state index is -3.72. The molecule has 0 spiro atoms. The maximum atomic E-state index is 12.4. The SMILES string of the molecule is CC(C)(C)S(=O)(=O)N[C@@H]1[C@H]2[C@@H](O)CCN2C[C@@H]1OS(C)(=O)=O. The standard InChI is InChI=1S/C12H24N2O6S2/c1-12(2,3)22(18,19)13-10-9(20-21(4,16)17)7-14-6-5-8(15)11(10)14/h8-11,13,15H,5-7H2,1-4H3/t8-,9-,10-,11+/m0/s1. The van der Waals surface area contributed by atoms with Crippen molar-refractivity contribution in [3.8, 4) is 0 Å². The van der Waals surface area contributed by atoms with Crippen LogP contribution in [0.2, 0.25) is 0 Å². The van der Waals surface area contributed by atoms with Crippen molar-refractivity contribution in [2.45, 2.75) is 56.2 Å². The molecule has 4 atom stereocenters. The summed E-state index contributed by atoms with van der Waals surface area (Å²) in [5.74, 6) is 0. The highest BCUT2D eigenvalue weighted by atomic mass is 32.2. The first kappa shape index (κ1) is 18.1. The number of hydrogen-bond acceptors (Lipinski definition) is 7. The molecule has 0 amide bonds. The fraction of sp³-hybridized carbons (Fsp3) is 1.00. The van der Waals surface area contributed by atoms with Crippen LogP contribution in [-0.4, -0.2) is 75.2 Å². The average Bonchev–Trinajstić information content (AvgIpc) is 2.78. The molecule has 2 N–H and O–H groups in total. The predicted octanol–water partition coefficient (Wildman–Crippen LogP) is -1.13. The molecule has 2 rings (SSSR count). The van der Waals surface area contributed by atoms with Crippen molar-refractivity contribution in [3.63, 3.8) is 0 Å². The molecule has 2 fully saturated rings. The molecule has 2 saturated heterocycles. The lowest BCUT2D eigenvalue weighted by Gasteiger charge is -2.29. The second kappa shape index (κ2) is 5.67. The number of aliphatic hydroxyl groups is 1. The predicted molar refractivity (Wildman–Crippen MR) is 81.3 cm³/mol. The number of nitrogens with zero attached hydrogens (tertiary/aromatic N) is 1. The number of hydrogen-bond donors (Lipinski definition) is 2. The summed E-state index contributed by atoms with van der Waals surface area (Å²) in [7, 11) is -7.42. The van der Waals surface area contributed by atoms with Crippen molar-refractivity contribution in [2.24, 2.45) is 0 Å². The van der Waals surface area contributed by atoms with Gasteiger partial charge in [0, 0.05) is 13.1 Å². The van der Waals surface area contributed by atoms with Crippen LogP contribution in [0.5, 0.6) is 0 Å². The molecule has 0 saturated carbocycles. The van der Waals surface area contributed by atoms with Crippen LogP contribution in [0.1, 0.15) is 27.2 Å². The lowest BCUT2D eigenvalue weighted by atomic mass is 10.0. The van der Waals surface area contributed by atoms with Crippen LogP contribution >= 0.6 is 0 Å². The molecule has 0 radical (unpaired) electrons. The lowest BCUT2D eigenvalue weighted by Crippen LogP contribution is -2.55. The first-order chi connectivity index (χ1) is 9.82. The van der Waals surface area contributed by atoms with Gasteiger partial charge < -0.3 is 5.11 Å². The van der Waals surface area contributed by atoms with E-state index in [1.54, 1.807) is 20.8 Å². The molecule has 0 aliphatic carbocycles. The van der Waals surface area contributed by atoms with Gasteiger partial charge in [-0.1, -0.05) is 0 Å². The van der Waals surface area contributed by atoms with Gasteiger partial charge in [-0.2, -0.15) is 8.42 Å². The van der Waals surface area contributed by atoms with Crippen LogP contribution in [-0.2, 0) is 24.3 Å². The Bertz CT molecular complexity index is 624. The number of aliphatic hydroxyl groups excluding tert-OH is 1. The van der Waals surface area contributed by atoms with Gasteiger partial charge in [-0.25, -0.2) is 13.1 Å². The van der Waals surface area contributed by atoms with Gasteiger partial charge in [-0.05, 0) is 27.2 Å². The Morgan fingerprint density at radius 1 is 1.23 bits per heavy atom. The molecule has 2 heterocycles. The summed E-state index contributed by atoms with van der Waals surface area (Å²) in [6.45, 7) is 5.52. The van der Waals surface area contributed by atoms with E-state index >= 15 is 0 Å². The quantitative estimate of drug-likeness (QED) is 0.613. The molecule has 10 heteroatoms. The van der Waals surface area contributed by atoms with Crippen molar-refractivity contribution >= 4 is 20.1 Å². The minimum Gasteiger partial charge on any atom is -0.391 e. The number of rotatable bonds is 4. The number of fused-ring (bicyclic) bond motifs is 1. The second-order valence-electron chi connectivity index (χ2n) is 6.94. The molecule has 0 aromatic rings. The third-order valence-corrected chi connectivity index (χ3v) is 6.90. The molecule has 0 aromatic carbocycles. The van der Waals surface area contributed by atoms with Gasteiger partial charge in [0.1, 0.15) is 6.10 Å². The summed E-state index contributed by atoms with van der Waals surface area (Å²) in [6, 6.07) is -1.26. The van der Waals surface area contributed by atoms with Gasteiger partial charge in [0.25, 0.3) is 10.1 Å². The Balaban J connectivity index is 2.29. The highest BCUT2D eigenvalue weighted by Crippen LogP contribution is 2.32. The van der Waals surface area contributed by atoms with Crippen molar-refractivity contribution in [1.29, 1.82) is 0 Å². The third kappa shape index (κ3) is 3.62. The highest BCUT2D eigenvalue weighted by Gasteiger charge is 2.52. The molecule has 0 unspecified atom stereocenters. The Hall–Kier alpha value is -0.260. The summed E-state index contributed by atoms with van der Waals surface area (Å²) in [5, 5.41) is 10.1. The Labute approximate surface area is 132 Å². The summed E-state index contributed by atoms with van der Waals surface area (Å²) >= 11 is 0. The fourth-order valence-electron chi connectivity index (χ4n) is 2.92. The molecule has 0 aromatic heterocycles.